The fraction of sp³-hybridized carbons (Fsp3) is 0.0909. The van der Waals surface area contributed by atoms with Crippen LogP contribution in [-0.2, 0) is 16.0 Å². The standard InChI is InChI=1S/C22H15ClF4N2O2S/c23-13-3-1-12(2-4-13)9-18(30)28-14-5-7-15(8-6-14)32-11-19(31)29-22-20(26)16(24)10-17(25)21(22)27/h1-8,10H,9,11H2,(H,28,30)(H,29,31). The third kappa shape index (κ3) is 6.24. The smallest absolute Gasteiger partial charge is 0.234 e. The van der Waals surface area contributed by atoms with Crippen LogP contribution in [0.3, 0.4) is 0 Å². The molecule has 10 heteroatoms. The van der Waals surface area contributed by atoms with Crippen molar-refractivity contribution in [2.24, 2.45) is 0 Å². The molecule has 0 aliphatic carbocycles. The monoisotopic (exact) mass is 482 g/mol. The quantitative estimate of drug-likeness (QED) is 0.254. The lowest BCUT2D eigenvalue weighted by Crippen LogP contribution is -2.17. The maximum absolute atomic E-state index is 13.6. The molecule has 3 aromatic carbocycles. The number of nitrogens with one attached hydrogen (secondary N) is 2. The molecule has 0 saturated carbocycles. The average Bonchev–Trinajstić information content (AvgIpc) is 2.76. The van der Waals surface area contributed by atoms with Crippen LogP contribution in [0.15, 0.2) is 59.5 Å². The Morgan fingerprint density at radius 3 is 2.00 bits per heavy atom. The predicted molar refractivity (Wildman–Crippen MR) is 116 cm³/mol. The first-order chi connectivity index (χ1) is 15.2. The summed E-state index contributed by atoms with van der Waals surface area (Å²) in [6, 6.07) is 13.5. The van der Waals surface area contributed by atoms with Gasteiger partial charge in [-0.15, -0.1) is 11.8 Å². The van der Waals surface area contributed by atoms with Gasteiger partial charge in [-0.3, -0.25) is 9.59 Å². The molecule has 32 heavy (non-hydrogen) atoms. The SMILES string of the molecule is O=C(Cc1ccc(Cl)cc1)Nc1ccc(SCC(=O)Nc2c(F)c(F)cc(F)c2F)cc1. The van der Waals surface area contributed by atoms with Crippen LogP contribution in [-0.4, -0.2) is 17.6 Å². The number of hydrogen-bond acceptors (Lipinski definition) is 3. The van der Waals surface area contributed by atoms with Gasteiger partial charge < -0.3 is 10.6 Å². The van der Waals surface area contributed by atoms with Gasteiger partial charge in [0, 0.05) is 21.7 Å². The number of halogens is 5. The van der Waals surface area contributed by atoms with E-state index in [1.165, 1.54) is 0 Å². The molecular weight excluding hydrogens is 468 g/mol. The van der Waals surface area contributed by atoms with Crippen LogP contribution in [0.2, 0.25) is 5.02 Å². The van der Waals surface area contributed by atoms with Gasteiger partial charge in [0.1, 0.15) is 5.69 Å². The van der Waals surface area contributed by atoms with Crippen LogP contribution >= 0.6 is 23.4 Å². The van der Waals surface area contributed by atoms with E-state index in [1.54, 1.807) is 48.5 Å². The molecule has 2 N–H and O–H groups in total. The first-order valence-corrected chi connectivity index (χ1v) is 10.5. The van der Waals surface area contributed by atoms with Crippen LogP contribution in [0.1, 0.15) is 5.56 Å². The van der Waals surface area contributed by atoms with Gasteiger partial charge in [0.15, 0.2) is 23.3 Å². The normalized spacial score (nSPS) is 10.7. The lowest BCUT2D eigenvalue weighted by molar-refractivity contribution is -0.115. The van der Waals surface area contributed by atoms with Crippen molar-refractivity contribution in [2.75, 3.05) is 16.4 Å². The summed E-state index contributed by atoms with van der Waals surface area (Å²) in [6.45, 7) is 0. The average molecular weight is 483 g/mol. The fourth-order valence-electron chi connectivity index (χ4n) is 2.63. The molecule has 0 aliphatic heterocycles. The van der Waals surface area contributed by atoms with E-state index in [0.717, 1.165) is 17.3 Å². The van der Waals surface area contributed by atoms with Crippen LogP contribution in [0, 0.1) is 23.3 Å². The van der Waals surface area contributed by atoms with Crippen molar-refractivity contribution in [3.05, 3.63) is 88.5 Å². The first-order valence-electron chi connectivity index (χ1n) is 9.13. The molecule has 3 rings (SSSR count). The van der Waals surface area contributed by atoms with Crippen LogP contribution in [0.5, 0.6) is 0 Å². The maximum Gasteiger partial charge on any atom is 0.234 e. The molecule has 0 atom stereocenters. The molecule has 0 unspecified atom stereocenters. The highest BCUT2D eigenvalue weighted by atomic mass is 35.5. The second-order valence-corrected chi connectivity index (χ2v) is 8.04. The van der Waals surface area contributed by atoms with Gasteiger partial charge >= 0.3 is 0 Å². The summed E-state index contributed by atoms with van der Waals surface area (Å²) in [6.07, 6.45) is 0.168. The van der Waals surface area contributed by atoms with E-state index in [9.17, 15) is 27.2 Å². The molecule has 0 aliphatic rings. The number of anilines is 2. The van der Waals surface area contributed by atoms with Crippen molar-refractivity contribution in [3.8, 4) is 0 Å². The van der Waals surface area contributed by atoms with E-state index in [4.69, 9.17) is 11.6 Å². The highest BCUT2D eigenvalue weighted by Gasteiger charge is 2.20. The summed E-state index contributed by atoms with van der Waals surface area (Å²) < 4.78 is 53.7. The molecule has 3 aromatic rings. The van der Waals surface area contributed by atoms with Gasteiger partial charge in [-0.1, -0.05) is 23.7 Å². The van der Waals surface area contributed by atoms with Gasteiger partial charge in [0.25, 0.3) is 0 Å². The minimum absolute atomic E-state index is 0.0604. The van der Waals surface area contributed by atoms with Crippen molar-refractivity contribution in [2.45, 2.75) is 11.3 Å². The molecule has 166 valence electrons. The molecule has 0 bridgehead atoms. The van der Waals surface area contributed by atoms with E-state index < -0.39 is 34.9 Å². The lowest BCUT2D eigenvalue weighted by Gasteiger charge is -2.09. The minimum Gasteiger partial charge on any atom is -0.326 e. The number of thioether (sulfide) groups is 1. The number of carbonyl (C=O) groups excluding carboxylic acids is 2. The third-order valence-corrected chi connectivity index (χ3v) is 5.43. The number of rotatable bonds is 7. The van der Waals surface area contributed by atoms with Crippen molar-refractivity contribution in [1.82, 2.24) is 0 Å². The zero-order chi connectivity index (χ0) is 23.3. The molecule has 0 spiro atoms. The summed E-state index contributed by atoms with van der Waals surface area (Å²) in [5.41, 5.74) is 0.167. The lowest BCUT2D eigenvalue weighted by atomic mass is 10.1. The summed E-state index contributed by atoms with van der Waals surface area (Å²) in [5.74, 6) is -7.92. The number of carbonyl (C=O) groups is 2. The zero-order valence-corrected chi connectivity index (χ0v) is 17.8. The van der Waals surface area contributed by atoms with E-state index in [-0.39, 0.29) is 24.1 Å². The molecule has 0 saturated heterocycles. The Morgan fingerprint density at radius 1 is 0.812 bits per heavy atom. The molecule has 2 amide bonds. The Balaban J connectivity index is 1.52. The number of hydrogen-bond donors (Lipinski definition) is 2. The first kappa shape index (κ1) is 23.6. The van der Waals surface area contributed by atoms with Crippen molar-refractivity contribution in [1.29, 1.82) is 0 Å². The molecule has 4 nitrogen and oxygen atoms in total. The summed E-state index contributed by atoms with van der Waals surface area (Å²) in [7, 11) is 0. The van der Waals surface area contributed by atoms with Gasteiger partial charge in [-0.05, 0) is 42.0 Å². The van der Waals surface area contributed by atoms with E-state index in [2.05, 4.69) is 5.32 Å². The van der Waals surface area contributed by atoms with E-state index in [1.807, 2.05) is 5.32 Å². The zero-order valence-electron chi connectivity index (χ0n) is 16.2. The molecule has 0 radical (unpaired) electrons. The Labute approximate surface area is 190 Å². The summed E-state index contributed by atoms with van der Waals surface area (Å²) in [4.78, 5) is 24.7. The van der Waals surface area contributed by atoms with Gasteiger partial charge in [0.2, 0.25) is 11.8 Å². The minimum atomic E-state index is -1.68. The second kappa shape index (κ2) is 10.5. The molecule has 0 fully saturated rings. The Kier molecular flexibility index (Phi) is 7.76. The van der Waals surface area contributed by atoms with Crippen LogP contribution in [0.25, 0.3) is 0 Å². The highest BCUT2D eigenvalue weighted by molar-refractivity contribution is 8.00. The summed E-state index contributed by atoms with van der Waals surface area (Å²) in [5, 5.41) is 5.16. The largest absolute Gasteiger partial charge is 0.326 e. The van der Waals surface area contributed by atoms with Gasteiger partial charge in [-0.2, -0.15) is 0 Å². The molecule has 0 aromatic heterocycles. The van der Waals surface area contributed by atoms with Gasteiger partial charge in [-0.25, -0.2) is 17.6 Å². The van der Waals surface area contributed by atoms with Crippen molar-refractivity contribution < 1.29 is 27.2 Å². The Morgan fingerprint density at radius 2 is 1.41 bits per heavy atom. The number of benzene rings is 3. The summed E-state index contributed by atoms with van der Waals surface area (Å²) >= 11 is 6.84. The van der Waals surface area contributed by atoms with Crippen molar-refractivity contribution in [3.63, 3.8) is 0 Å². The van der Waals surface area contributed by atoms with E-state index in [0.29, 0.717) is 15.6 Å². The van der Waals surface area contributed by atoms with E-state index >= 15 is 0 Å². The predicted octanol–water partition coefficient (Wildman–Crippen LogP) is 5.81. The third-order valence-electron chi connectivity index (χ3n) is 4.16. The fourth-order valence-corrected chi connectivity index (χ4v) is 3.46. The Bertz CT molecular complexity index is 1120. The maximum atomic E-state index is 13.6. The van der Waals surface area contributed by atoms with Crippen LogP contribution in [0.4, 0.5) is 28.9 Å². The topological polar surface area (TPSA) is 58.2 Å². The molecular formula is C22H15ClF4N2O2S. The van der Waals surface area contributed by atoms with Crippen LogP contribution < -0.4 is 10.6 Å². The van der Waals surface area contributed by atoms with Crippen molar-refractivity contribution >= 4 is 46.6 Å². The Hall–Kier alpha value is -3.04. The highest BCUT2D eigenvalue weighted by Crippen LogP contribution is 2.25. The number of amides is 2. The molecule has 0 heterocycles. The second-order valence-electron chi connectivity index (χ2n) is 6.56. The van der Waals surface area contributed by atoms with Gasteiger partial charge in [0.05, 0.1) is 12.2 Å².